The van der Waals surface area contributed by atoms with E-state index in [1.807, 2.05) is 18.2 Å². The second-order valence-electron chi connectivity index (χ2n) is 3.86. The molecule has 18 heavy (non-hydrogen) atoms. The summed E-state index contributed by atoms with van der Waals surface area (Å²) in [6.45, 7) is 4.80. The SMILES string of the molecule is C=C(CSc1ccc2c(c1)OCCCO2)C(=O)O. The van der Waals surface area contributed by atoms with Crippen molar-refractivity contribution in [3.63, 3.8) is 0 Å². The van der Waals surface area contributed by atoms with Crippen LogP contribution in [0.2, 0.25) is 0 Å². The Hall–Kier alpha value is -1.62. The van der Waals surface area contributed by atoms with Crippen molar-refractivity contribution in [2.24, 2.45) is 0 Å². The molecule has 1 heterocycles. The number of carboxylic acid groups (broad SMARTS) is 1. The molecule has 0 aromatic heterocycles. The fraction of sp³-hybridized carbons (Fsp3) is 0.308. The van der Waals surface area contributed by atoms with E-state index in [1.54, 1.807) is 0 Å². The molecule has 1 aromatic carbocycles. The summed E-state index contributed by atoms with van der Waals surface area (Å²) in [4.78, 5) is 11.6. The van der Waals surface area contributed by atoms with E-state index in [-0.39, 0.29) is 5.57 Å². The van der Waals surface area contributed by atoms with Crippen LogP contribution in [0.4, 0.5) is 0 Å². The summed E-state index contributed by atoms with van der Waals surface area (Å²) in [5.41, 5.74) is 0.187. The standard InChI is InChI=1S/C13H14O4S/c1-9(13(14)15)8-18-10-3-4-11-12(7-10)17-6-2-5-16-11/h3-4,7H,1-2,5-6,8H2,(H,14,15). The summed E-state index contributed by atoms with van der Waals surface area (Å²) in [5.74, 6) is 0.860. The van der Waals surface area contributed by atoms with E-state index in [2.05, 4.69) is 6.58 Å². The van der Waals surface area contributed by atoms with Gasteiger partial charge in [0.15, 0.2) is 11.5 Å². The molecule has 1 aromatic rings. The number of rotatable bonds is 4. The maximum Gasteiger partial charge on any atom is 0.331 e. The summed E-state index contributed by atoms with van der Waals surface area (Å²) in [7, 11) is 0. The molecule has 0 atom stereocenters. The average Bonchev–Trinajstić information content (AvgIpc) is 2.60. The summed E-state index contributed by atoms with van der Waals surface area (Å²) in [6, 6.07) is 5.63. The first-order chi connectivity index (χ1) is 8.66. The molecule has 0 spiro atoms. The molecule has 0 aliphatic carbocycles. The minimum atomic E-state index is -0.961. The Morgan fingerprint density at radius 2 is 2.06 bits per heavy atom. The second kappa shape index (κ2) is 5.82. The van der Waals surface area contributed by atoms with E-state index in [9.17, 15) is 4.79 Å². The molecule has 1 aliphatic rings. The van der Waals surface area contributed by atoms with Gasteiger partial charge < -0.3 is 14.6 Å². The first-order valence-corrected chi connectivity index (χ1v) is 6.59. The van der Waals surface area contributed by atoms with Crippen molar-refractivity contribution >= 4 is 17.7 Å². The zero-order valence-electron chi connectivity index (χ0n) is 9.85. The van der Waals surface area contributed by atoms with Crippen molar-refractivity contribution in [1.82, 2.24) is 0 Å². The van der Waals surface area contributed by atoms with Crippen LogP contribution >= 0.6 is 11.8 Å². The zero-order valence-corrected chi connectivity index (χ0v) is 10.7. The van der Waals surface area contributed by atoms with Gasteiger partial charge >= 0.3 is 5.97 Å². The molecule has 0 radical (unpaired) electrons. The van der Waals surface area contributed by atoms with Crippen molar-refractivity contribution in [2.75, 3.05) is 19.0 Å². The smallest absolute Gasteiger partial charge is 0.331 e. The van der Waals surface area contributed by atoms with Crippen molar-refractivity contribution in [3.05, 3.63) is 30.4 Å². The third-order valence-corrected chi connectivity index (χ3v) is 3.51. The number of aliphatic carboxylic acids is 1. The van der Waals surface area contributed by atoms with Gasteiger partial charge in [-0.2, -0.15) is 0 Å². The minimum absolute atomic E-state index is 0.187. The minimum Gasteiger partial charge on any atom is -0.490 e. The van der Waals surface area contributed by atoms with Crippen LogP contribution in [0.3, 0.4) is 0 Å². The second-order valence-corrected chi connectivity index (χ2v) is 4.91. The van der Waals surface area contributed by atoms with Crippen LogP contribution in [0, 0.1) is 0 Å². The molecule has 96 valence electrons. The van der Waals surface area contributed by atoms with Gasteiger partial charge in [0.25, 0.3) is 0 Å². The number of thioether (sulfide) groups is 1. The zero-order chi connectivity index (χ0) is 13.0. The maximum absolute atomic E-state index is 10.6. The average molecular weight is 266 g/mol. The van der Waals surface area contributed by atoms with E-state index in [0.717, 1.165) is 22.8 Å². The molecular formula is C13H14O4S. The lowest BCUT2D eigenvalue weighted by molar-refractivity contribution is -0.132. The Balaban J connectivity index is 2.04. The number of hydrogen-bond acceptors (Lipinski definition) is 4. The van der Waals surface area contributed by atoms with E-state index in [1.165, 1.54) is 11.8 Å². The number of carbonyl (C=O) groups is 1. The molecule has 1 N–H and O–H groups in total. The Bertz CT molecular complexity index is 470. The molecule has 0 unspecified atom stereocenters. The van der Waals surface area contributed by atoms with Gasteiger partial charge in [0.05, 0.1) is 13.2 Å². The van der Waals surface area contributed by atoms with Gasteiger partial charge in [-0.05, 0) is 18.2 Å². The predicted octanol–water partition coefficient (Wildman–Crippen LogP) is 2.58. The van der Waals surface area contributed by atoms with Crippen LogP contribution < -0.4 is 9.47 Å². The van der Waals surface area contributed by atoms with Crippen LogP contribution in [0.15, 0.2) is 35.2 Å². The third kappa shape index (κ3) is 3.20. The van der Waals surface area contributed by atoms with Gasteiger partial charge in [0, 0.05) is 22.6 Å². The lowest BCUT2D eigenvalue weighted by Crippen LogP contribution is -2.00. The molecule has 0 bridgehead atoms. The number of carboxylic acids is 1. The van der Waals surface area contributed by atoms with E-state index in [4.69, 9.17) is 14.6 Å². The van der Waals surface area contributed by atoms with Gasteiger partial charge in [0.2, 0.25) is 0 Å². The monoisotopic (exact) mass is 266 g/mol. The highest BCUT2D eigenvalue weighted by molar-refractivity contribution is 7.99. The molecule has 1 aliphatic heterocycles. The van der Waals surface area contributed by atoms with Gasteiger partial charge in [-0.3, -0.25) is 0 Å². The van der Waals surface area contributed by atoms with Crippen molar-refractivity contribution in [3.8, 4) is 11.5 Å². The normalized spacial score (nSPS) is 13.8. The number of benzene rings is 1. The Labute approximate surface area is 110 Å². The first-order valence-electron chi connectivity index (χ1n) is 5.60. The molecule has 0 fully saturated rings. The first kappa shape index (κ1) is 12.8. The van der Waals surface area contributed by atoms with Gasteiger partial charge in [-0.1, -0.05) is 6.58 Å². The van der Waals surface area contributed by atoms with Gasteiger partial charge in [-0.15, -0.1) is 11.8 Å². The fourth-order valence-corrected chi connectivity index (χ4v) is 2.28. The highest BCUT2D eigenvalue weighted by Gasteiger charge is 2.11. The fourth-order valence-electron chi connectivity index (χ4n) is 1.47. The van der Waals surface area contributed by atoms with E-state index >= 15 is 0 Å². The highest BCUT2D eigenvalue weighted by atomic mass is 32.2. The topological polar surface area (TPSA) is 55.8 Å². The molecule has 0 saturated carbocycles. The number of hydrogen-bond donors (Lipinski definition) is 1. The highest BCUT2D eigenvalue weighted by Crippen LogP contribution is 2.34. The molecule has 0 saturated heterocycles. The summed E-state index contributed by atoms with van der Waals surface area (Å²) in [6.07, 6.45) is 0.868. The van der Waals surface area contributed by atoms with Crippen LogP contribution in [0.25, 0.3) is 0 Å². The molecule has 0 amide bonds. The lowest BCUT2D eigenvalue weighted by Gasteiger charge is -2.09. The Morgan fingerprint density at radius 1 is 1.33 bits per heavy atom. The van der Waals surface area contributed by atoms with Crippen LogP contribution in [0.5, 0.6) is 11.5 Å². The van der Waals surface area contributed by atoms with Gasteiger partial charge in [-0.25, -0.2) is 4.79 Å². The third-order valence-electron chi connectivity index (χ3n) is 2.43. The van der Waals surface area contributed by atoms with Gasteiger partial charge in [0.1, 0.15) is 0 Å². The summed E-state index contributed by atoms with van der Waals surface area (Å²) in [5, 5.41) is 8.73. The van der Waals surface area contributed by atoms with Crippen molar-refractivity contribution in [2.45, 2.75) is 11.3 Å². The number of ether oxygens (including phenoxy) is 2. The lowest BCUT2D eigenvalue weighted by atomic mass is 10.3. The van der Waals surface area contributed by atoms with E-state index in [0.29, 0.717) is 19.0 Å². The Morgan fingerprint density at radius 3 is 2.78 bits per heavy atom. The summed E-state index contributed by atoms with van der Waals surface area (Å²) >= 11 is 1.42. The molecule has 2 rings (SSSR count). The van der Waals surface area contributed by atoms with Crippen LogP contribution in [0.1, 0.15) is 6.42 Å². The molecule has 4 nitrogen and oxygen atoms in total. The van der Waals surface area contributed by atoms with E-state index < -0.39 is 5.97 Å². The summed E-state index contributed by atoms with van der Waals surface area (Å²) < 4.78 is 11.1. The molecule has 5 heteroatoms. The van der Waals surface area contributed by atoms with Crippen molar-refractivity contribution in [1.29, 1.82) is 0 Å². The maximum atomic E-state index is 10.6. The van der Waals surface area contributed by atoms with Crippen LogP contribution in [-0.4, -0.2) is 30.0 Å². The number of fused-ring (bicyclic) bond motifs is 1. The molecular weight excluding hydrogens is 252 g/mol. The Kier molecular flexibility index (Phi) is 4.15. The largest absolute Gasteiger partial charge is 0.490 e. The van der Waals surface area contributed by atoms with Crippen molar-refractivity contribution < 1.29 is 19.4 Å². The predicted molar refractivity (Wildman–Crippen MR) is 69.5 cm³/mol. The van der Waals surface area contributed by atoms with Crippen LogP contribution in [-0.2, 0) is 4.79 Å². The quantitative estimate of drug-likeness (QED) is 0.670.